The highest BCUT2D eigenvalue weighted by molar-refractivity contribution is 5.74. The minimum Gasteiger partial charge on any atom is -0.481 e. The molecule has 2 N–H and O–H groups in total. The van der Waals surface area contributed by atoms with Crippen LogP contribution in [0.5, 0.6) is 0 Å². The predicted molar refractivity (Wildman–Crippen MR) is 72.9 cm³/mol. The molecule has 1 aromatic rings. The molecule has 0 aliphatic carbocycles. The lowest BCUT2D eigenvalue weighted by Gasteiger charge is -2.18. The van der Waals surface area contributed by atoms with Crippen LogP contribution in [-0.4, -0.2) is 35.6 Å². The number of carboxylic acid groups (broad SMARTS) is 1. The van der Waals surface area contributed by atoms with Crippen LogP contribution in [0.25, 0.3) is 0 Å². The molecule has 0 aliphatic rings. The number of aryl methyl sites for hydroxylation is 1. The molecule has 0 aromatic heterocycles. The molecule has 0 radical (unpaired) electrons. The summed E-state index contributed by atoms with van der Waals surface area (Å²) < 4.78 is 0. The third-order valence-electron chi connectivity index (χ3n) is 2.92. The Morgan fingerprint density at radius 2 is 2.00 bits per heavy atom. The maximum Gasteiger partial charge on any atom is 0.317 e. The highest BCUT2D eigenvalue weighted by Crippen LogP contribution is 2.06. The highest BCUT2D eigenvalue weighted by atomic mass is 16.4. The summed E-state index contributed by atoms with van der Waals surface area (Å²) in [7, 11) is 1.66. The van der Waals surface area contributed by atoms with Gasteiger partial charge in [-0.1, -0.05) is 24.3 Å². The fourth-order valence-electron chi connectivity index (χ4n) is 1.68. The van der Waals surface area contributed by atoms with E-state index in [2.05, 4.69) is 5.32 Å². The molecular formula is C14H20N2O3. The Hall–Kier alpha value is -2.04. The number of nitrogens with one attached hydrogen (secondary N) is 1. The second-order valence-corrected chi connectivity index (χ2v) is 4.50. The number of nitrogens with zero attached hydrogens (tertiary/aromatic N) is 1. The van der Waals surface area contributed by atoms with Crippen LogP contribution in [0, 0.1) is 6.92 Å². The Kier molecular flexibility index (Phi) is 5.85. The Morgan fingerprint density at radius 3 is 2.63 bits per heavy atom. The zero-order valence-corrected chi connectivity index (χ0v) is 11.3. The molecule has 0 saturated carbocycles. The van der Waals surface area contributed by atoms with Gasteiger partial charge < -0.3 is 15.3 Å². The number of aliphatic carboxylic acids is 1. The molecular weight excluding hydrogens is 244 g/mol. The van der Waals surface area contributed by atoms with Gasteiger partial charge in [0.15, 0.2) is 0 Å². The number of carboxylic acids is 1. The quantitative estimate of drug-likeness (QED) is 0.825. The van der Waals surface area contributed by atoms with Crippen molar-refractivity contribution in [3.05, 3.63) is 35.4 Å². The van der Waals surface area contributed by atoms with Crippen LogP contribution in [0.3, 0.4) is 0 Å². The van der Waals surface area contributed by atoms with Gasteiger partial charge in [-0.3, -0.25) is 4.79 Å². The molecule has 0 aliphatic heterocycles. The lowest BCUT2D eigenvalue weighted by molar-refractivity contribution is -0.137. The summed E-state index contributed by atoms with van der Waals surface area (Å²) >= 11 is 0. The van der Waals surface area contributed by atoms with Crippen molar-refractivity contribution in [3.63, 3.8) is 0 Å². The first-order valence-electron chi connectivity index (χ1n) is 6.26. The Morgan fingerprint density at radius 1 is 1.32 bits per heavy atom. The van der Waals surface area contributed by atoms with Gasteiger partial charge in [0.2, 0.25) is 0 Å². The van der Waals surface area contributed by atoms with E-state index in [-0.39, 0.29) is 12.5 Å². The molecule has 0 spiro atoms. The van der Waals surface area contributed by atoms with Crippen molar-refractivity contribution in [1.82, 2.24) is 10.2 Å². The molecule has 0 unspecified atom stereocenters. The van der Waals surface area contributed by atoms with E-state index < -0.39 is 5.97 Å². The summed E-state index contributed by atoms with van der Waals surface area (Å²) in [6.45, 7) is 2.92. The van der Waals surface area contributed by atoms with E-state index in [0.717, 1.165) is 11.1 Å². The van der Waals surface area contributed by atoms with Gasteiger partial charge in [0.25, 0.3) is 0 Å². The van der Waals surface area contributed by atoms with Crippen LogP contribution in [-0.2, 0) is 11.3 Å². The van der Waals surface area contributed by atoms with Crippen LogP contribution >= 0.6 is 0 Å². The summed E-state index contributed by atoms with van der Waals surface area (Å²) in [5, 5.41) is 11.3. The van der Waals surface area contributed by atoms with Crippen molar-refractivity contribution >= 4 is 12.0 Å². The first-order valence-corrected chi connectivity index (χ1v) is 6.26. The molecule has 0 saturated heterocycles. The third-order valence-corrected chi connectivity index (χ3v) is 2.92. The summed E-state index contributed by atoms with van der Waals surface area (Å²) in [6, 6.07) is 7.68. The van der Waals surface area contributed by atoms with Crippen molar-refractivity contribution in [2.24, 2.45) is 0 Å². The number of hydrogen-bond acceptors (Lipinski definition) is 2. The van der Waals surface area contributed by atoms with Crippen molar-refractivity contribution < 1.29 is 14.7 Å². The van der Waals surface area contributed by atoms with Crippen molar-refractivity contribution in [1.29, 1.82) is 0 Å². The van der Waals surface area contributed by atoms with E-state index >= 15 is 0 Å². The van der Waals surface area contributed by atoms with Gasteiger partial charge in [0, 0.05) is 26.6 Å². The van der Waals surface area contributed by atoms with Crippen LogP contribution in [0.1, 0.15) is 24.0 Å². The van der Waals surface area contributed by atoms with Crippen molar-refractivity contribution in [2.45, 2.75) is 26.3 Å². The molecule has 104 valence electrons. The van der Waals surface area contributed by atoms with E-state index in [1.54, 1.807) is 7.05 Å². The molecule has 1 rings (SSSR count). The van der Waals surface area contributed by atoms with Gasteiger partial charge in [0.1, 0.15) is 0 Å². The molecule has 5 heteroatoms. The van der Waals surface area contributed by atoms with E-state index in [1.807, 2.05) is 31.2 Å². The third kappa shape index (κ3) is 5.42. The van der Waals surface area contributed by atoms with Gasteiger partial charge in [-0.2, -0.15) is 0 Å². The smallest absolute Gasteiger partial charge is 0.317 e. The maximum atomic E-state index is 11.8. The van der Waals surface area contributed by atoms with Gasteiger partial charge >= 0.3 is 12.0 Å². The van der Waals surface area contributed by atoms with Crippen LogP contribution in [0.15, 0.2) is 24.3 Å². The summed E-state index contributed by atoms with van der Waals surface area (Å²) in [5.74, 6) is -0.839. The SMILES string of the molecule is Cc1ccccc1CNC(=O)N(C)CCCC(=O)O. The van der Waals surface area contributed by atoms with Crippen LogP contribution in [0.4, 0.5) is 4.79 Å². The molecule has 0 atom stereocenters. The first-order chi connectivity index (χ1) is 9.00. The lowest BCUT2D eigenvalue weighted by atomic mass is 10.1. The molecule has 1 aromatic carbocycles. The zero-order valence-electron chi connectivity index (χ0n) is 11.3. The minimum atomic E-state index is -0.839. The standard InChI is InChI=1S/C14H20N2O3/c1-11-6-3-4-7-12(11)10-15-14(19)16(2)9-5-8-13(17)18/h3-4,6-7H,5,8-10H2,1-2H3,(H,15,19)(H,17,18). The minimum absolute atomic E-state index is 0.0788. The lowest BCUT2D eigenvalue weighted by Crippen LogP contribution is -2.37. The molecule has 5 nitrogen and oxygen atoms in total. The Bertz CT molecular complexity index is 446. The monoisotopic (exact) mass is 264 g/mol. The number of carbonyl (C=O) groups excluding carboxylic acids is 1. The predicted octanol–water partition coefficient (Wildman–Crippen LogP) is 2.00. The first kappa shape index (κ1) is 15.0. The van der Waals surface area contributed by atoms with Gasteiger partial charge in [-0.25, -0.2) is 4.79 Å². The van der Waals surface area contributed by atoms with Crippen molar-refractivity contribution in [3.8, 4) is 0 Å². The number of amides is 2. The molecule has 0 fully saturated rings. The highest BCUT2D eigenvalue weighted by Gasteiger charge is 2.08. The van der Waals surface area contributed by atoms with E-state index in [0.29, 0.717) is 19.5 Å². The Labute approximate surface area is 113 Å². The number of benzene rings is 1. The van der Waals surface area contributed by atoms with Crippen LogP contribution < -0.4 is 5.32 Å². The Balaban J connectivity index is 2.34. The second kappa shape index (κ2) is 7.41. The largest absolute Gasteiger partial charge is 0.481 e. The van der Waals surface area contributed by atoms with Crippen LogP contribution in [0.2, 0.25) is 0 Å². The number of rotatable bonds is 6. The average Bonchev–Trinajstić information content (AvgIpc) is 2.36. The van der Waals surface area contributed by atoms with E-state index in [4.69, 9.17) is 5.11 Å². The molecule has 2 amide bonds. The fraction of sp³-hybridized carbons (Fsp3) is 0.429. The molecule has 19 heavy (non-hydrogen) atoms. The topological polar surface area (TPSA) is 69.6 Å². The zero-order chi connectivity index (χ0) is 14.3. The summed E-state index contributed by atoms with van der Waals surface area (Å²) in [6.07, 6.45) is 0.541. The summed E-state index contributed by atoms with van der Waals surface area (Å²) in [5.41, 5.74) is 2.21. The van der Waals surface area contributed by atoms with E-state index in [9.17, 15) is 9.59 Å². The van der Waals surface area contributed by atoms with Gasteiger partial charge in [-0.15, -0.1) is 0 Å². The van der Waals surface area contributed by atoms with Crippen molar-refractivity contribution in [2.75, 3.05) is 13.6 Å². The normalized spacial score (nSPS) is 10.0. The number of urea groups is 1. The average molecular weight is 264 g/mol. The van der Waals surface area contributed by atoms with Gasteiger partial charge in [-0.05, 0) is 24.5 Å². The fourth-order valence-corrected chi connectivity index (χ4v) is 1.68. The second-order valence-electron chi connectivity index (χ2n) is 4.50. The van der Waals surface area contributed by atoms with Gasteiger partial charge in [0.05, 0.1) is 0 Å². The summed E-state index contributed by atoms with van der Waals surface area (Å²) in [4.78, 5) is 23.7. The number of carbonyl (C=O) groups is 2. The maximum absolute atomic E-state index is 11.8. The number of hydrogen-bond donors (Lipinski definition) is 2. The van der Waals surface area contributed by atoms with E-state index in [1.165, 1.54) is 4.90 Å². The molecule has 0 bridgehead atoms. The molecule has 0 heterocycles.